The fraction of sp³-hybridized carbons (Fsp3) is 0.353. The van der Waals surface area contributed by atoms with Crippen LogP contribution in [0.3, 0.4) is 0 Å². The summed E-state index contributed by atoms with van der Waals surface area (Å²) in [4.78, 5) is 32.7. The highest BCUT2D eigenvalue weighted by molar-refractivity contribution is 7.98. The standard InChI is InChI=1S/C17H17N6O8PS/c18-14-11-15(20-7-19-14)22(16-12(24)13-10(30-16)5-29-32(27,28)31-13)17(21-11)33-6-8-1-3-9(4-2-8)23(25)26/h1-4,7,10,12-13,16,24H,5-6H2,(H,27,28)(H2,18,19,20)/t10-,12-,13-,16-/m1/s1. The van der Waals surface area contributed by atoms with Crippen molar-refractivity contribution in [1.29, 1.82) is 0 Å². The van der Waals surface area contributed by atoms with Gasteiger partial charge in [-0.2, -0.15) is 0 Å². The maximum atomic E-state index is 11.8. The van der Waals surface area contributed by atoms with E-state index >= 15 is 0 Å². The van der Waals surface area contributed by atoms with E-state index in [1.807, 2.05) is 0 Å². The second-order valence-electron chi connectivity index (χ2n) is 7.30. The van der Waals surface area contributed by atoms with Crippen molar-refractivity contribution in [2.45, 2.75) is 35.4 Å². The van der Waals surface area contributed by atoms with Crippen molar-refractivity contribution in [2.75, 3.05) is 12.3 Å². The largest absolute Gasteiger partial charge is 0.472 e. The van der Waals surface area contributed by atoms with Gasteiger partial charge in [0.1, 0.15) is 24.6 Å². The second-order valence-corrected chi connectivity index (χ2v) is 9.65. The Balaban J connectivity index is 1.48. The number of aliphatic hydroxyl groups is 1. The van der Waals surface area contributed by atoms with Gasteiger partial charge in [0, 0.05) is 17.9 Å². The minimum absolute atomic E-state index is 0.0208. The Bertz CT molecular complexity index is 1270. The molecule has 4 N–H and O–H groups in total. The number of nitrogen functional groups attached to an aromatic ring is 1. The van der Waals surface area contributed by atoms with E-state index in [0.717, 1.165) is 5.56 Å². The van der Waals surface area contributed by atoms with Crippen LogP contribution in [-0.4, -0.2) is 59.4 Å². The van der Waals surface area contributed by atoms with Gasteiger partial charge < -0.3 is 20.5 Å². The van der Waals surface area contributed by atoms with Crippen LogP contribution in [0, 0.1) is 10.1 Å². The van der Waals surface area contributed by atoms with E-state index in [1.54, 1.807) is 12.1 Å². The Morgan fingerprint density at radius 2 is 2.09 bits per heavy atom. The number of hydrogen-bond donors (Lipinski definition) is 3. The lowest BCUT2D eigenvalue weighted by molar-refractivity contribution is -0.384. The van der Waals surface area contributed by atoms with Gasteiger partial charge in [-0.3, -0.25) is 23.7 Å². The Kier molecular flexibility index (Phi) is 5.56. The summed E-state index contributed by atoms with van der Waals surface area (Å²) in [5.41, 5.74) is 7.32. The van der Waals surface area contributed by atoms with Crippen LogP contribution in [0.15, 0.2) is 35.7 Å². The molecule has 5 atom stereocenters. The number of nitrogens with two attached hydrogens (primary N) is 1. The summed E-state index contributed by atoms with van der Waals surface area (Å²) in [7, 11) is -4.29. The number of nitro benzene ring substituents is 1. The molecular weight excluding hydrogens is 479 g/mol. The summed E-state index contributed by atoms with van der Waals surface area (Å²) < 4.78 is 29.1. The summed E-state index contributed by atoms with van der Waals surface area (Å²) in [5.74, 6) is 0.510. The van der Waals surface area contributed by atoms with Crippen LogP contribution in [0.4, 0.5) is 11.5 Å². The number of phosphoric acid groups is 1. The molecule has 1 unspecified atom stereocenters. The third-order valence-electron chi connectivity index (χ3n) is 5.21. The zero-order valence-electron chi connectivity index (χ0n) is 16.6. The van der Waals surface area contributed by atoms with Crippen LogP contribution in [0.1, 0.15) is 11.8 Å². The smallest absolute Gasteiger partial charge is 0.386 e. The van der Waals surface area contributed by atoms with Gasteiger partial charge in [0.05, 0.1) is 11.5 Å². The molecule has 0 aliphatic carbocycles. The highest BCUT2D eigenvalue weighted by Crippen LogP contribution is 2.53. The molecule has 2 aromatic heterocycles. The van der Waals surface area contributed by atoms with Gasteiger partial charge >= 0.3 is 7.82 Å². The zero-order valence-corrected chi connectivity index (χ0v) is 18.3. The molecule has 33 heavy (non-hydrogen) atoms. The van der Waals surface area contributed by atoms with Crippen molar-refractivity contribution in [3.05, 3.63) is 46.3 Å². The Morgan fingerprint density at radius 3 is 2.82 bits per heavy atom. The molecule has 3 aromatic rings. The Labute approximate surface area is 189 Å². The molecule has 16 heteroatoms. The predicted molar refractivity (Wildman–Crippen MR) is 113 cm³/mol. The summed E-state index contributed by atoms with van der Waals surface area (Å²) in [6, 6.07) is 6.07. The highest BCUT2D eigenvalue weighted by atomic mass is 32.2. The van der Waals surface area contributed by atoms with Crippen molar-refractivity contribution >= 4 is 42.3 Å². The number of imidazole rings is 1. The van der Waals surface area contributed by atoms with E-state index in [2.05, 4.69) is 15.0 Å². The van der Waals surface area contributed by atoms with Gasteiger partial charge in [0.25, 0.3) is 5.69 Å². The maximum Gasteiger partial charge on any atom is 0.472 e. The Hall–Kier alpha value is -2.65. The first-order valence-electron chi connectivity index (χ1n) is 9.57. The molecule has 0 amide bonds. The van der Waals surface area contributed by atoms with Gasteiger partial charge in [-0.15, -0.1) is 0 Å². The number of fused-ring (bicyclic) bond motifs is 2. The van der Waals surface area contributed by atoms with Gasteiger partial charge in [0.15, 0.2) is 28.4 Å². The van der Waals surface area contributed by atoms with Crippen LogP contribution in [0.5, 0.6) is 0 Å². The number of aromatic nitrogens is 4. The number of anilines is 1. The van der Waals surface area contributed by atoms with E-state index in [1.165, 1.54) is 34.8 Å². The zero-order chi connectivity index (χ0) is 23.3. The van der Waals surface area contributed by atoms with Crippen molar-refractivity contribution in [3.8, 4) is 0 Å². The number of rotatable bonds is 5. The van der Waals surface area contributed by atoms with E-state index in [0.29, 0.717) is 22.1 Å². The summed E-state index contributed by atoms with van der Waals surface area (Å²) in [6.07, 6.45) is -3.02. The average Bonchev–Trinajstić information content (AvgIpc) is 3.30. The molecule has 0 spiro atoms. The van der Waals surface area contributed by atoms with Crippen LogP contribution in [0.25, 0.3) is 11.2 Å². The number of aliphatic hydroxyl groups excluding tert-OH is 1. The predicted octanol–water partition coefficient (Wildman–Crippen LogP) is 1.38. The number of hydrogen-bond acceptors (Lipinski definition) is 12. The molecular formula is C17H17N6O8PS. The molecule has 0 radical (unpaired) electrons. The number of benzene rings is 1. The van der Waals surface area contributed by atoms with E-state index < -0.39 is 37.3 Å². The molecule has 5 rings (SSSR count). The number of nitro groups is 1. The number of thioether (sulfide) groups is 1. The van der Waals surface area contributed by atoms with Gasteiger partial charge in [-0.1, -0.05) is 23.9 Å². The highest BCUT2D eigenvalue weighted by Gasteiger charge is 2.53. The summed E-state index contributed by atoms with van der Waals surface area (Å²) >= 11 is 1.26. The lowest BCUT2D eigenvalue weighted by Gasteiger charge is -2.27. The van der Waals surface area contributed by atoms with Gasteiger partial charge in [0.2, 0.25) is 0 Å². The molecule has 2 fully saturated rings. The lowest BCUT2D eigenvalue weighted by Crippen LogP contribution is -2.39. The fourth-order valence-corrected chi connectivity index (χ4v) is 5.59. The average molecular weight is 496 g/mol. The first-order chi connectivity index (χ1) is 15.7. The number of nitrogens with zero attached hydrogens (tertiary/aromatic N) is 5. The van der Waals surface area contributed by atoms with Crippen molar-refractivity contribution in [1.82, 2.24) is 19.5 Å². The molecule has 4 heterocycles. The number of ether oxygens (including phenoxy) is 1. The second kappa shape index (κ2) is 8.29. The topological polar surface area (TPSA) is 198 Å². The molecule has 14 nitrogen and oxygen atoms in total. The fourth-order valence-electron chi connectivity index (χ4n) is 3.65. The van der Waals surface area contributed by atoms with Gasteiger partial charge in [-0.25, -0.2) is 19.5 Å². The van der Waals surface area contributed by atoms with Crippen LogP contribution in [0.2, 0.25) is 0 Å². The van der Waals surface area contributed by atoms with Crippen molar-refractivity contribution in [3.63, 3.8) is 0 Å². The van der Waals surface area contributed by atoms with Crippen molar-refractivity contribution < 1.29 is 33.3 Å². The van der Waals surface area contributed by atoms with E-state index in [9.17, 15) is 24.7 Å². The maximum absolute atomic E-state index is 11.8. The summed E-state index contributed by atoms with van der Waals surface area (Å²) in [6.45, 7) is -0.235. The molecule has 2 aliphatic rings. The molecule has 1 aromatic carbocycles. The van der Waals surface area contributed by atoms with Crippen LogP contribution < -0.4 is 5.73 Å². The first kappa shape index (κ1) is 22.2. The monoisotopic (exact) mass is 496 g/mol. The third-order valence-corrected chi connectivity index (χ3v) is 7.22. The van der Waals surface area contributed by atoms with E-state index in [4.69, 9.17) is 19.5 Å². The van der Waals surface area contributed by atoms with Crippen molar-refractivity contribution in [2.24, 2.45) is 0 Å². The SMILES string of the molecule is Nc1ncnc2c1nc(SCc1ccc([N+](=O)[O-])cc1)n2[C@@H]1O[C@@H]2COP(=O)(O)O[C@H]2[C@H]1O. The Morgan fingerprint density at radius 1 is 1.33 bits per heavy atom. The van der Waals surface area contributed by atoms with Crippen LogP contribution >= 0.6 is 19.6 Å². The minimum Gasteiger partial charge on any atom is -0.386 e. The normalized spacial score (nSPS) is 29.3. The van der Waals surface area contributed by atoms with Crippen LogP contribution in [-0.2, 0) is 24.1 Å². The number of non-ortho nitro benzene ring substituents is 1. The summed E-state index contributed by atoms with van der Waals surface area (Å²) in [5, 5.41) is 22.1. The molecule has 174 valence electrons. The number of phosphoric ester groups is 1. The molecule has 2 saturated heterocycles. The molecule has 0 saturated carbocycles. The van der Waals surface area contributed by atoms with Gasteiger partial charge in [-0.05, 0) is 5.56 Å². The minimum atomic E-state index is -4.29. The molecule has 0 bridgehead atoms. The quantitative estimate of drug-likeness (QED) is 0.198. The first-order valence-corrected chi connectivity index (χ1v) is 12.1. The lowest BCUT2D eigenvalue weighted by atomic mass is 10.1. The third kappa shape index (κ3) is 4.08. The van der Waals surface area contributed by atoms with E-state index in [-0.39, 0.29) is 18.1 Å². The molecule has 2 aliphatic heterocycles.